The average molecular weight is 527 g/mol. The Labute approximate surface area is 232 Å². The number of carbonyl (C=O) groups excluding carboxylic acids is 2. The molecule has 5 rings (SSSR count). The van der Waals surface area contributed by atoms with Gasteiger partial charge in [-0.25, -0.2) is 0 Å². The molecule has 0 spiro atoms. The number of hydrogen-bond acceptors (Lipinski definition) is 4. The van der Waals surface area contributed by atoms with Crippen molar-refractivity contribution in [3.8, 4) is 0 Å². The quantitative estimate of drug-likeness (QED) is 0.274. The molecule has 38 heavy (non-hydrogen) atoms. The molecule has 0 bridgehead atoms. The molecule has 0 unspecified atom stereocenters. The molecule has 5 fully saturated rings. The van der Waals surface area contributed by atoms with E-state index in [9.17, 15) is 9.59 Å². The minimum atomic E-state index is -0.140. The lowest BCUT2D eigenvalue weighted by atomic mass is 9.32. The summed E-state index contributed by atoms with van der Waals surface area (Å²) >= 11 is 0. The highest BCUT2D eigenvalue weighted by Crippen LogP contribution is 2.77. The summed E-state index contributed by atoms with van der Waals surface area (Å²) in [5, 5.41) is 0. The average Bonchev–Trinajstić information content (AvgIpc) is 3.20. The second-order valence-corrected chi connectivity index (χ2v) is 15.8. The number of fused-ring (bicyclic) bond motifs is 7. The summed E-state index contributed by atoms with van der Waals surface area (Å²) in [6, 6.07) is 0. The molecule has 0 aromatic rings. The third-order valence-electron chi connectivity index (χ3n) is 14.0. The number of ether oxygens (including phenoxy) is 2. The molecular weight excluding hydrogens is 472 g/mol. The first-order valence-corrected chi connectivity index (χ1v) is 15.6. The standard InChI is InChI=1S/C34H54O4/c1-21(2)24-12-17-34(20-37-22(3)35)19-18-32(8)25(29(24)34)10-11-27-31(7)15-14-28(38-23(4)36)30(5,6)26(31)13-16-33(27,32)9/h24-29H,1,10-20H2,2-9H3/t24-,25-,26-,27-,28+,29+,31+,32-,33-,34-/m1/s1. The third kappa shape index (κ3) is 3.80. The zero-order valence-electron chi connectivity index (χ0n) is 25.6. The summed E-state index contributed by atoms with van der Waals surface area (Å²) < 4.78 is 11.7. The zero-order chi connectivity index (χ0) is 27.9. The highest BCUT2D eigenvalue weighted by Gasteiger charge is 2.71. The molecule has 4 heteroatoms. The number of carbonyl (C=O) groups is 2. The second kappa shape index (κ2) is 9.10. The lowest BCUT2D eigenvalue weighted by Gasteiger charge is -2.73. The van der Waals surface area contributed by atoms with Crippen LogP contribution < -0.4 is 0 Å². The Morgan fingerprint density at radius 3 is 2.11 bits per heavy atom. The van der Waals surface area contributed by atoms with Crippen LogP contribution in [0.15, 0.2) is 12.2 Å². The molecule has 0 aromatic heterocycles. The van der Waals surface area contributed by atoms with Crippen LogP contribution in [0.5, 0.6) is 0 Å². The fraction of sp³-hybridized carbons (Fsp3) is 0.882. The molecule has 0 amide bonds. The van der Waals surface area contributed by atoms with Gasteiger partial charge in [0.2, 0.25) is 0 Å². The normalized spacial score (nSPS) is 49.1. The van der Waals surface area contributed by atoms with Crippen molar-refractivity contribution < 1.29 is 19.1 Å². The van der Waals surface area contributed by atoms with Crippen LogP contribution in [-0.2, 0) is 19.1 Å². The van der Waals surface area contributed by atoms with Crippen LogP contribution >= 0.6 is 0 Å². The number of allylic oxidation sites excluding steroid dienone is 1. The summed E-state index contributed by atoms with van der Waals surface area (Å²) in [4.78, 5) is 23.8. The monoisotopic (exact) mass is 526 g/mol. The van der Waals surface area contributed by atoms with Gasteiger partial charge in [0.15, 0.2) is 0 Å². The Bertz CT molecular complexity index is 998. The molecular formula is C34H54O4. The van der Waals surface area contributed by atoms with Gasteiger partial charge in [0, 0.05) is 24.7 Å². The van der Waals surface area contributed by atoms with E-state index in [1.165, 1.54) is 56.9 Å². The van der Waals surface area contributed by atoms with Crippen LogP contribution in [0.4, 0.5) is 0 Å². The van der Waals surface area contributed by atoms with Gasteiger partial charge in [-0.1, -0.05) is 46.8 Å². The Balaban J connectivity index is 1.49. The first-order chi connectivity index (χ1) is 17.6. The van der Waals surface area contributed by atoms with Gasteiger partial charge in [0.25, 0.3) is 0 Å². The number of hydrogen-bond donors (Lipinski definition) is 0. The fourth-order valence-electron chi connectivity index (χ4n) is 12.2. The highest BCUT2D eigenvalue weighted by molar-refractivity contribution is 5.66. The summed E-state index contributed by atoms with van der Waals surface area (Å²) in [6.45, 7) is 23.1. The molecule has 0 aromatic carbocycles. The van der Waals surface area contributed by atoms with Gasteiger partial charge in [0.05, 0.1) is 6.61 Å². The van der Waals surface area contributed by atoms with E-state index in [1.807, 2.05) is 0 Å². The topological polar surface area (TPSA) is 52.6 Å². The first kappa shape index (κ1) is 28.2. The van der Waals surface area contributed by atoms with Crippen molar-refractivity contribution in [1.29, 1.82) is 0 Å². The lowest BCUT2D eigenvalue weighted by molar-refractivity contribution is -0.252. The molecule has 0 saturated heterocycles. The smallest absolute Gasteiger partial charge is 0.302 e. The minimum absolute atomic E-state index is 0.00000109. The minimum Gasteiger partial charge on any atom is -0.465 e. The molecule has 5 saturated carbocycles. The van der Waals surface area contributed by atoms with Crippen molar-refractivity contribution in [2.45, 2.75) is 126 Å². The van der Waals surface area contributed by atoms with Gasteiger partial charge >= 0.3 is 11.9 Å². The maximum absolute atomic E-state index is 11.9. The molecule has 0 radical (unpaired) electrons. The summed E-state index contributed by atoms with van der Waals surface area (Å²) in [7, 11) is 0. The van der Waals surface area contributed by atoms with E-state index in [2.05, 4.69) is 48.1 Å². The number of rotatable bonds is 4. The lowest BCUT2D eigenvalue weighted by Crippen LogP contribution is -2.67. The van der Waals surface area contributed by atoms with Crippen molar-refractivity contribution in [3.63, 3.8) is 0 Å². The van der Waals surface area contributed by atoms with Crippen molar-refractivity contribution in [3.05, 3.63) is 12.2 Å². The number of esters is 2. The first-order valence-electron chi connectivity index (χ1n) is 15.6. The van der Waals surface area contributed by atoms with Gasteiger partial charge < -0.3 is 9.47 Å². The molecule has 5 aliphatic rings. The van der Waals surface area contributed by atoms with Crippen LogP contribution in [0.3, 0.4) is 0 Å². The summed E-state index contributed by atoms with van der Waals surface area (Å²) in [5.74, 6) is 2.76. The molecule has 214 valence electrons. The van der Waals surface area contributed by atoms with E-state index >= 15 is 0 Å². The maximum Gasteiger partial charge on any atom is 0.302 e. The van der Waals surface area contributed by atoms with E-state index in [-0.39, 0.29) is 39.7 Å². The fourth-order valence-corrected chi connectivity index (χ4v) is 12.2. The van der Waals surface area contributed by atoms with E-state index < -0.39 is 0 Å². The van der Waals surface area contributed by atoms with Crippen LogP contribution in [0, 0.1) is 56.7 Å². The zero-order valence-corrected chi connectivity index (χ0v) is 25.6. The third-order valence-corrected chi connectivity index (χ3v) is 14.0. The van der Waals surface area contributed by atoms with Crippen LogP contribution in [0.25, 0.3) is 0 Å². The molecule has 0 N–H and O–H groups in total. The van der Waals surface area contributed by atoms with Crippen LogP contribution in [-0.4, -0.2) is 24.6 Å². The molecule has 10 atom stereocenters. The molecule has 0 heterocycles. The largest absolute Gasteiger partial charge is 0.465 e. The predicted molar refractivity (Wildman–Crippen MR) is 151 cm³/mol. The van der Waals surface area contributed by atoms with Crippen LogP contribution in [0.2, 0.25) is 0 Å². The van der Waals surface area contributed by atoms with E-state index in [0.29, 0.717) is 41.6 Å². The highest BCUT2D eigenvalue weighted by atomic mass is 16.5. The van der Waals surface area contributed by atoms with Gasteiger partial charge in [-0.05, 0) is 117 Å². The molecule has 4 nitrogen and oxygen atoms in total. The Morgan fingerprint density at radius 1 is 0.763 bits per heavy atom. The van der Waals surface area contributed by atoms with Crippen molar-refractivity contribution >= 4 is 11.9 Å². The van der Waals surface area contributed by atoms with Crippen LogP contribution in [0.1, 0.15) is 120 Å². The van der Waals surface area contributed by atoms with Gasteiger partial charge in [-0.3, -0.25) is 9.59 Å². The van der Waals surface area contributed by atoms with Gasteiger partial charge in [-0.15, -0.1) is 0 Å². The van der Waals surface area contributed by atoms with Crippen molar-refractivity contribution in [2.24, 2.45) is 56.7 Å². The van der Waals surface area contributed by atoms with Crippen molar-refractivity contribution in [2.75, 3.05) is 6.61 Å². The second-order valence-electron chi connectivity index (χ2n) is 15.8. The molecule has 0 aliphatic heterocycles. The van der Waals surface area contributed by atoms with E-state index in [0.717, 1.165) is 12.8 Å². The van der Waals surface area contributed by atoms with E-state index in [4.69, 9.17) is 9.47 Å². The Kier molecular flexibility index (Phi) is 6.76. The SMILES string of the molecule is C=C(C)[C@H]1CC[C@]2(COC(C)=O)CC[C@]3(C)[C@H](CC[C@@H]4[C@@]5(C)CC[C@H](OC(C)=O)C(C)(C)[C@H]5CC[C@]43C)[C@H]12. The Morgan fingerprint density at radius 2 is 1.47 bits per heavy atom. The molecule has 5 aliphatic carbocycles. The summed E-state index contributed by atoms with van der Waals surface area (Å²) in [6.07, 6.45) is 12.0. The Hall–Kier alpha value is -1.32. The van der Waals surface area contributed by atoms with E-state index in [1.54, 1.807) is 13.8 Å². The predicted octanol–water partition coefficient (Wildman–Crippen LogP) is 8.14. The maximum atomic E-state index is 11.9. The van der Waals surface area contributed by atoms with Crippen molar-refractivity contribution in [1.82, 2.24) is 0 Å². The van der Waals surface area contributed by atoms with Gasteiger partial charge in [-0.2, -0.15) is 0 Å². The van der Waals surface area contributed by atoms with Gasteiger partial charge in [0.1, 0.15) is 6.10 Å². The summed E-state index contributed by atoms with van der Waals surface area (Å²) in [5.41, 5.74) is 2.30.